The Morgan fingerprint density at radius 2 is 1.55 bits per heavy atom. The first kappa shape index (κ1) is 27.5. The maximum atomic E-state index is 13.3. The maximum Gasteiger partial charge on any atom is 0.295 e. The summed E-state index contributed by atoms with van der Waals surface area (Å²) in [5.74, 6) is -0.298. The number of nitrogens with zero attached hydrogens (tertiary/aromatic N) is 1. The van der Waals surface area contributed by atoms with E-state index in [0.29, 0.717) is 23.5 Å². The summed E-state index contributed by atoms with van der Waals surface area (Å²) in [5, 5.41) is 11.3. The van der Waals surface area contributed by atoms with Crippen molar-refractivity contribution in [2.45, 2.75) is 38.6 Å². The number of likely N-dealkylation sites (tertiary alicyclic amines) is 1. The number of aliphatic hydroxyl groups is 1. The van der Waals surface area contributed by atoms with E-state index in [-0.39, 0.29) is 23.3 Å². The number of carbonyl (C=O) groups is 2. The molecule has 38 heavy (non-hydrogen) atoms. The number of Topliss-reactive ketones (excluding diaryl/α,β-unsaturated/α-hetero) is 1. The van der Waals surface area contributed by atoms with Crippen LogP contribution in [0.1, 0.15) is 49.1 Å². The van der Waals surface area contributed by atoms with E-state index < -0.39 is 17.7 Å². The van der Waals surface area contributed by atoms with Gasteiger partial charge in [-0.1, -0.05) is 79.2 Å². The van der Waals surface area contributed by atoms with Crippen LogP contribution in [0.5, 0.6) is 11.5 Å². The second-order valence-electron chi connectivity index (χ2n) is 10.3. The number of rotatable bonds is 7. The number of ketones is 1. The van der Waals surface area contributed by atoms with Crippen LogP contribution in [0.3, 0.4) is 0 Å². The lowest BCUT2D eigenvalue weighted by molar-refractivity contribution is -0.139. The van der Waals surface area contributed by atoms with Crippen LogP contribution in [-0.4, -0.2) is 42.5 Å². The predicted octanol–water partition coefficient (Wildman–Crippen LogP) is 6.43. The molecular weight excluding hydrogens is 546 g/mol. The van der Waals surface area contributed by atoms with Crippen LogP contribution in [0, 0.1) is 0 Å². The molecule has 3 aromatic rings. The van der Waals surface area contributed by atoms with Crippen LogP contribution >= 0.6 is 15.9 Å². The smallest absolute Gasteiger partial charge is 0.295 e. The molecule has 3 aromatic carbocycles. The molecule has 6 nitrogen and oxygen atoms in total. The Labute approximate surface area is 232 Å². The van der Waals surface area contributed by atoms with Gasteiger partial charge < -0.3 is 19.5 Å². The summed E-state index contributed by atoms with van der Waals surface area (Å²) in [6.45, 7) is 6.67. The first-order valence-electron chi connectivity index (χ1n) is 12.4. The van der Waals surface area contributed by atoms with Gasteiger partial charge in [-0.25, -0.2) is 0 Å². The number of amides is 1. The Morgan fingerprint density at radius 3 is 2.13 bits per heavy atom. The van der Waals surface area contributed by atoms with Gasteiger partial charge in [0.1, 0.15) is 5.76 Å². The third-order valence-electron chi connectivity index (χ3n) is 6.84. The van der Waals surface area contributed by atoms with E-state index in [0.717, 1.165) is 21.2 Å². The van der Waals surface area contributed by atoms with Crippen molar-refractivity contribution < 1.29 is 24.2 Å². The van der Waals surface area contributed by atoms with E-state index in [9.17, 15) is 14.7 Å². The van der Waals surface area contributed by atoms with Crippen LogP contribution in [0.4, 0.5) is 0 Å². The molecule has 1 unspecified atom stereocenters. The van der Waals surface area contributed by atoms with Crippen molar-refractivity contribution in [3.8, 4) is 11.5 Å². The Bertz CT molecular complexity index is 1370. The zero-order valence-corrected chi connectivity index (χ0v) is 23.8. The van der Waals surface area contributed by atoms with Gasteiger partial charge in [0.25, 0.3) is 11.7 Å². The number of benzene rings is 3. The van der Waals surface area contributed by atoms with Gasteiger partial charge in [0.05, 0.1) is 25.8 Å². The van der Waals surface area contributed by atoms with Crippen molar-refractivity contribution in [1.29, 1.82) is 0 Å². The van der Waals surface area contributed by atoms with Crippen molar-refractivity contribution in [3.05, 3.63) is 99.0 Å². The number of aliphatic hydroxyl groups excluding tert-OH is 1. The van der Waals surface area contributed by atoms with E-state index in [1.54, 1.807) is 43.4 Å². The Morgan fingerprint density at radius 1 is 0.921 bits per heavy atom. The lowest BCUT2D eigenvalue weighted by Crippen LogP contribution is -2.31. The van der Waals surface area contributed by atoms with E-state index in [4.69, 9.17) is 9.47 Å². The zero-order chi connectivity index (χ0) is 27.6. The van der Waals surface area contributed by atoms with Crippen molar-refractivity contribution in [3.63, 3.8) is 0 Å². The highest BCUT2D eigenvalue weighted by Crippen LogP contribution is 2.40. The fourth-order valence-electron chi connectivity index (χ4n) is 4.67. The highest BCUT2D eigenvalue weighted by molar-refractivity contribution is 9.10. The van der Waals surface area contributed by atoms with E-state index in [1.807, 2.05) is 42.5 Å². The summed E-state index contributed by atoms with van der Waals surface area (Å²) in [6.07, 6.45) is 0.488. The topological polar surface area (TPSA) is 76.1 Å². The second kappa shape index (κ2) is 11.0. The van der Waals surface area contributed by atoms with Crippen molar-refractivity contribution in [1.82, 2.24) is 4.90 Å². The van der Waals surface area contributed by atoms with E-state index in [1.165, 1.54) is 0 Å². The monoisotopic (exact) mass is 577 g/mol. The molecule has 1 aliphatic heterocycles. The number of carbonyl (C=O) groups excluding carboxylic acids is 2. The van der Waals surface area contributed by atoms with Gasteiger partial charge in [0, 0.05) is 16.6 Å². The third-order valence-corrected chi connectivity index (χ3v) is 7.37. The minimum atomic E-state index is -0.715. The third kappa shape index (κ3) is 5.48. The molecule has 7 heteroatoms. The van der Waals surface area contributed by atoms with Crippen molar-refractivity contribution >= 4 is 33.4 Å². The lowest BCUT2D eigenvalue weighted by atomic mass is 9.85. The summed E-state index contributed by atoms with van der Waals surface area (Å²) in [4.78, 5) is 28.2. The van der Waals surface area contributed by atoms with Crippen LogP contribution in [0.15, 0.2) is 76.8 Å². The number of ether oxygens (including phenoxy) is 2. The zero-order valence-electron chi connectivity index (χ0n) is 22.2. The molecule has 0 aromatic heterocycles. The van der Waals surface area contributed by atoms with Gasteiger partial charge in [-0.2, -0.15) is 0 Å². The van der Waals surface area contributed by atoms with E-state index in [2.05, 4.69) is 36.7 Å². The summed E-state index contributed by atoms with van der Waals surface area (Å²) in [6, 6.07) is 19.8. The molecule has 1 N–H and O–H groups in total. The molecule has 1 saturated heterocycles. The summed E-state index contributed by atoms with van der Waals surface area (Å²) in [5.41, 5.74) is 3.35. The predicted molar refractivity (Wildman–Crippen MR) is 152 cm³/mol. The molecule has 1 heterocycles. The van der Waals surface area contributed by atoms with Crippen LogP contribution in [0.25, 0.3) is 5.76 Å². The molecule has 0 saturated carbocycles. The molecule has 0 bridgehead atoms. The van der Waals surface area contributed by atoms with Gasteiger partial charge in [-0.05, 0) is 52.8 Å². The van der Waals surface area contributed by atoms with Gasteiger partial charge in [-0.15, -0.1) is 0 Å². The highest BCUT2D eigenvalue weighted by Gasteiger charge is 2.45. The normalized spacial score (nSPS) is 17.1. The molecule has 4 rings (SSSR count). The Balaban J connectivity index is 1.76. The van der Waals surface area contributed by atoms with Crippen molar-refractivity contribution in [2.75, 3.05) is 20.8 Å². The molecular formula is C31H32BrNO5. The second-order valence-corrected chi connectivity index (χ2v) is 11.2. The first-order valence-corrected chi connectivity index (χ1v) is 13.2. The molecule has 0 radical (unpaired) electrons. The molecule has 0 aliphatic carbocycles. The average Bonchev–Trinajstić information content (AvgIpc) is 3.16. The number of halogens is 1. The fraction of sp³-hybridized carbons (Fsp3) is 0.290. The largest absolute Gasteiger partial charge is 0.507 e. The highest BCUT2D eigenvalue weighted by atomic mass is 79.9. The number of hydrogen-bond acceptors (Lipinski definition) is 5. The molecule has 0 spiro atoms. The van der Waals surface area contributed by atoms with Crippen LogP contribution < -0.4 is 9.47 Å². The maximum absolute atomic E-state index is 13.3. The van der Waals surface area contributed by atoms with Gasteiger partial charge >= 0.3 is 0 Å². The van der Waals surface area contributed by atoms with Gasteiger partial charge in [0.2, 0.25) is 0 Å². The molecule has 1 atom stereocenters. The average molecular weight is 579 g/mol. The quantitative estimate of drug-likeness (QED) is 0.199. The molecule has 1 fully saturated rings. The lowest BCUT2D eigenvalue weighted by Gasteiger charge is -2.26. The van der Waals surface area contributed by atoms with Crippen molar-refractivity contribution in [2.24, 2.45) is 0 Å². The number of hydrogen-bond donors (Lipinski definition) is 1. The number of methoxy groups -OCH3 is 2. The SMILES string of the molecule is COc1ccc(CCN2C(=O)C(=O)/C(=C(\O)c3ccc(Br)cc3)C2c2ccc(C(C)(C)C)cc2)cc1OC. The Kier molecular flexibility index (Phi) is 7.97. The van der Waals surface area contributed by atoms with E-state index >= 15 is 0 Å². The summed E-state index contributed by atoms with van der Waals surface area (Å²) >= 11 is 3.40. The molecule has 1 amide bonds. The standard InChI is InChI=1S/C31H32BrNO5/c1-31(2,3)22-11-7-20(8-12-22)27-26(28(34)21-9-13-23(32)14-10-21)29(35)30(36)33(27)17-16-19-6-15-24(37-4)25(18-19)38-5/h6-15,18,27,34H,16-17H2,1-5H3/b28-26-. The van der Waals surface area contributed by atoms with Gasteiger partial charge in [0.15, 0.2) is 11.5 Å². The minimum Gasteiger partial charge on any atom is -0.507 e. The molecule has 1 aliphatic rings. The van der Waals surface area contributed by atoms with Crippen LogP contribution in [-0.2, 0) is 21.4 Å². The van der Waals surface area contributed by atoms with Gasteiger partial charge in [-0.3, -0.25) is 9.59 Å². The minimum absolute atomic E-state index is 0.0504. The molecule has 198 valence electrons. The Hall–Kier alpha value is -3.58. The summed E-state index contributed by atoms with van der Waals surface area (Å²) < 4.78 is 11.6. The fourth-order valence-corrected chi connectivity index (χ4v) is 4.94. The summed E-state index contributed by atoms with van der Waals surface area (Å²) in [7, 11) is 3.15. The van der Waals surface area contributed by atoms with Crippen LogP contribution in [0.2, 0.25) is 0 Å². The first-order chi connectivity index (χ1) is 18.0.